The van der Waals surface area contributed by atoms with Gasteiger partial charge in [0.25, 0.3) is 5.91 Å². The minimum Gasteiger partial charge on any atom is -0.497 e. The van der Waals surface area contributed by atoms with Gasteiger partial charge >= 0.3 is 0 Å². The van der Waals surface area contributed by atoms with Gasteiger partial charge in [0.05, 0.1) is 18.7 Å². The van der Waals surface area contributed by atoms with Crippen molar-refractivity contribution in [3.05, 3.63) is 88.4 Å². The molecule has 0 radical (unpaired) electrons. The Hall–Kier alpha value is -3.01. The summed E-state index contributed by atoms with van der Waals surface area (Å²) in [6.07, 6.45) is 0.783. The molecule has 1 atom stereocenters. The van der Waals surface area contributed by atoms with Gasteiger partial charge in [-0.15, -0.1) is 0 Å². The zero-order chi connectivity index (χ0) is 19.0. The van der Waals surface area contributed by atoms with Crippen molar-refractivity contribution in [2.24, 2.45) is 0 Å². The predicted octanol–water partition coefficient (Wildman–Crippen LogP) is 4.84. The van der Waals surface area contributed by atoms with E-state index >= 15 is 0 Å². The van der Waals surface area contributed by atoms with Gasteiger partial charge in [0, 0.05) is 6.54 Å². The van der Waals surface area contributed by atoms with Crippen molar-refractivity contribution in [1.29, 1.82) is 0 Å². The summed E-state index contributed by atoms with van der Waals surface area (Å²) >= 11 is 0. The molecule has 4 heteroatoms. The van der Waals surface area contributed by atoms with E-state index in [0.717, 1.165) is 29.1 Å². The van der Waals surface area contributed by atoms with Gasteiger partial charge in [-0.2, -0.15) is 0 Å². The summed E-state index contributed by atoms with van der Waals surface area (Å²) in [5, 5.41) is 0. The smallest absolute Gasteiger partial charge is 0.258 e. The Bertz CT molecular complexity index is 975. The van der Waals surface area contributed by atoms with Gasteiger partial charge in [-0.1, -0.05) is 36.4 Å². The largest absolute Gasteiger partial charge is 0.497 e. The molecule has 1 aromatic heterocycles. The molecule has 0 spiro atoms. The van der Waals surface area contributed by atoms with Crippen LogP contribution < -0.4 is 4.74 Å². The molecule has 3 aromatic rings. The van der Waals surface area contributed by atoms with Crippen LogP contribution in [0.5, 0.6) is 5.75 Å². The first-order valence-electron chi connectivity index (χ1n) is 9.15. The number of aryl methyl sites for hydroxylation is 2. The molecule has 1 unspecified atom stereocenters. The number of nitrogens with zero attached hydrogens (tertiary/aromatic N) is 1. The molecule has 2 heterocycles. The molecule has 4 rings (SSSR count). The maximum absolute atomic E-state index is 13.4. The van der Waals surface area contributed by atoms with E-state index in [9.17, 15) is 4.79 Å². The minimum absolute atomic E-state index is 0.00537. The first-order chi connectivity index (χ1) is 13.1. The lowest BCUT2D eigenvalue weighted by atomic mass is 9.89. The normalized spacial score (nSPS) is 16.1. The maximum Gasteiger partial charge on any atom is 0.258 e. The van der Waals surface area contributed by atoms with Gasteiger partial charge < -0.3 is 14.1 Å². The summed E-state index contributed by atoms with van der Waals surface area (Å²) in [6.45, 7) is 4.27. The molecule has 0 aliphatic carbocycles. The van der Waals surface area contributed by atoms with Crippen LogP contribution in [0.1, 0.15) is 44.6 Å². The van der Waals surface area contributed by atoms with Crippen molar-refractivity contribution in [2.45, 2.75) is 32.9 Å². The highest BCUT2D eigenvalue weighted by Crippen LogP contribution is 2.36. The molecule has 0 fully saturated rings. The van der Waals surface area contributed by atoms with E-state index in [1.165, 1.54) is 5.56 Å². The first-order valence-corrected chi connectivity index (χ1v) is 9.15. The lowest BCUT2D eigenvalue weighted by Crippen LogP contribution is -2.39. The Morgan fingerprint density at radius 2 is 1.85 bits per heavy atom. The molecule has 27 heavy (non-hydrogen) atoms. The Kier molecular flexibility index (Phi) is 4.48. The van der Waals surface area contributed by atoms with Crippen molar-refractivity contribution in [1.82, 2.24) is 4.90 Å². The van der Waals surface area contributed by atoms with E-state index in [1.54, 1.807) is 7.11 Å². The minimum atomic E-state index is -0.00537. The number of rotatable bonds is 3. The van der Waals surface area contributed by atoms with E-state index in [2.05, 4.69) is 18.2 Å². The summed E-state index contributed by atoms with van der Waals surface area (Å²) in [5.74, 6) is 2.24. The van der Waals surface area contributed by atoms with Crippen molar-refractivity contribution in [3.8, 4) is 5.75 Å². The zero-order valence-electron chi connectivity index (χ0n) is 15.9. The lowest BCUT2D eigenvalue weighted by Gasteiger charge is -2.37. The quantitative estimate of drug-likeness (QED) is 0.670. The number of methoxy groups -OCH3 is 1. The highest BCUT2D eigenvalue weighted by Gasteiger charge is 2.33. The third-order valence-corrected chi connectivity index (χ3v) is 5.26. The molecule has 2 aromatic carbocycles. The Morgan fingerprint density at radius 1 is 1.07 bits per heavy atom. The molecule has 0 N–H and O–H groups in total. The van der Waals surface area contributed by atoms with E-state index in [1.807, 2.05) is 55.1 Å². The molecule has 0 bridgehead atoms. The monoisotopic (exact) mass is 361 g/mol. The van der Waals surface area contributed by atoms with Crippen LogP contribution in [0.15, 0.2) is 59.0 Å². The van der Waals surface area contributed by atoms with Crippen molar-refractivity contribution < 1.29 is 13.9 Å². The number of carbonyl (C=O) groups excluding carboxylic acids is 1. The van der Waals surface area contributed by atoms with Crippen molar-refractivity contribution in [3.63, 3.8) is 0 Å². The fraction of sp³-hybridized carbons (Fsp3) is 0.261. The van der Waals surface area contributed by atoms with Crippen molar-refractivity contribution in [2.75, 3.05) is 7.11 Å². The summed E-state index contributed by atoms with van der Waals surface area (Å²) in [5.41, 5.74) is 4.17. The SMILES string of the molecule is COc1ccc2c(c1)CN(C(=O)c1cc(C)oc1C)C(c1ccccc1)C2. The highest BCUT2D eigenvalue weighted by molar-refractivity contribution is 5.95. The number of hydrogen-bond acceptors (Lipinski definition) is 3. The molecule has 138 valence electrons. The zero-order valence-corrected chi connectivity index (χ0v) is 15.9. The Morgan fingerprint density at radius 3 is 2.52 bits per heavy atom. The van der Waals surface area contributed by atoms with Crippen LogP contribution in [0.25, 0.3) is 0 Å². The molecule has 0 saturated heterocycles. The summed E-state index contributed by atoms with van der Waals surface area (Å²) in [6, 6.07) is 18.2. The van der Waals surface area contributed by atoms with Gasteiger partial charge in [0.2, 0.25) is 0 Å². The van der Waals surface area contributed by atoms with E-state index in [4.69, 9.17) is 9.15 Å². The van der Waals surface area contributed by atoms with Crippen LogP contribution in [0.4, 0.5) is 0 Å². The average Bonchev–Trinajstić information content (AvgIpc) is 3.04. The van der Waals surface area contributed by atoms with Crippen LogP contribution in [-0.2, 0) is 13.0 Å². The highest BCUT2D eigenvalue weighted by atomic mass is 16.5. The van der Waals surface area contributed by atoms with Gasteiger partial charge in [0.15, 0.2) is 0 Å². The number of carbonyl (C=O) groups is 1. The standard InChI is InChI=1S/C23H23NO3/c1-15-11-21(16(2)27-15)23(25)24-14-19-12-20(26-3)10-9-18(19)13-22(24)17-7-5-4-6-8-17/h4-12,22H,13-14H2,1-3H3. The van der Waals surface area contributed by atoms with Gasteiger partial charge in [0.1, 0.15) is 17.3 Å². The van der Waals surface area contributed by atoms with Crippen LogP contribution in [-0.4, -0.2) is 17.9 Å². The fourth-order valence-electron chi connectivity index (χ4n) is 3.87. The molecular weight excluding hydrogens is 338 g/mol. The number of ether oxygens (including phenoxy) is 1. The third-order valence-electron chi connectivity index (χ3n) is 5.26. The second-order valence-corrected chi connectivity index (χ2v) is 7.03. The topological polar surface area (TPSA) is 42.7 Å². The predicted molar refractivity (Wildman–Crippen MR) is 104 cm³/mol. The van der Waals surface area contributed by atoms with Gasteiger partial charge in [-0.25, -0.2) is 0 Å². The molecule has 1 aliphatic heterocycles. The van der Waals surface area contributed by atoms with E-state index in [0.29, 0.717) is 17.9 Å². The van der Waals surface area contributed by atoms with E-state index < -0.39 is 0 Å². The van der Waals surface area contributed by atoms with Gasteiger partial charge in [-0.05, 0) is 55.2 Å². The number of hydrogen-bond donors (Lipinski definition) is 0. The molecule has 1 aliphatic rings. The molecular formula is C23H23NO3. The first kappa shape index (κ1) is 17.4. The van der Waals surface area contributed by atoms with Crippen LogP contribution >= 0.6 is 0 Å². The second-order valence-electron chi connectivity index (χ2n) is 7.03. The summed E-state index contributed by atoms with van der Waals surface area (Å²) < 4.78 is 11.0. The fourth-order valence-corrected chi connectivity index (χ4v) is 3.87. The van der Waals surface area contributed by atoms with Gasteiger partial charge in [-0.3, -0.25) is 4.79 Å². The molecule has 0 saturated carbocycles. The summed E-state index contributed by atoms with van der Waals surface area (Å²) in [7, 11) is 1.66. The van der Waals surface area contributed by atoms with E-state index in [-0.39, 0.29) is 11.9 Å². The molecule has 1 amide bonds. The molecule has 4 nitrogen and oxygen atoms in total. The summed E-state index contributed by atoms with van der Waals surface area (Å²) in [4.78, 5) is 15.4. The number of benzene rings is 2. The lowest BCUT2D eigenvalue weighted by molar-refractivity contribution is 0.0635. The maximum atomic E-state index is 13.4. The average molecular weight is 361 g/mol. The number of amides is 1. The van der Waals surface area contributed by atoms with Crippen LogP contribution in [0, 0.1) is 13.8 Å². The number of fused-ring (bicyclic) bond motifs is 1. The Labute approximate surface area is 159 Å². The van der Waals surface area contributed by atoms with Crippen molar-refractivity contribution >= 4 is 5.91 Å². The number of furan rings is 1. The van der Waals surface area contributed by atoms with Crippen LogP contribution in [0.2, 0.25) is 0 Å². The second kappa shape index (κ2) is 6.95. The third kappa shape index (κ3) is 3.23. The Balaban J connectivity index is 1.77. The van der Waals surface area contributed by atoms with Crippen LogP contribution in [0.3, 0.4) is 0 Å².